The maximum Gasteiger partial charge on any atom is 0.328 e. The summed E-state index contributed by atoms with van der Waals surface area (Å²) >= 11 is 0. The molecule has 4 rings (SSSR count). The van der Waals surface area contributed by atoms with Crippen LogP contribution in [0.3, 0.4) is 0 Å². The van der Waals surface area contributed by atoms with E-state index in [0.717, 1.165) is 17.7 Å². The molecule has 1 N–H and O–H groups in total. The van der Waals surface area contributed by atoms with Crippen molar-refractivity contribution in [3.8, 4) is 6.01 Å². The number of rotatable bonds is 8. The molecule has 1 fully saturated rings. The molecule has 1 aliphatic rings. The number of aromatic nitrogens is 4. The third-order valence-electron chi connectivity index (χ3n) is 4.96. The fourth-order valence-electron chi connectivity index (χ4n) is 3.56. The van der Waals surface area contributed by atoms with Crippen molar-refractivity contribution < 1.29 is 13.9 Å². The number of H-pyrrole nitrogens is 1. The van der Waals surface area contributed by atoms with Gasteiger partial charge in [0.15, 0.2) is 5.65 Å². The first-order chi connectivity index (χ1) is 14.1. The van der Waals surface area contributed by atoms with E-state index in [0.29, 0.717) is 50.4 Å². The summed E-state index contributed by atoms with van der Waals surface area (Å²) in [6.45, 7) is 3.08. The van der Waals surface area contributed by atoms with Gasteiger partial charge in [0.2, 0.25) is 0 Å². The van der Waals surface area contributed by atoms with Gasteiger partial charge >= 0.3 is 11.7 Å². The first-order valence-electron chi connectivity index (χ1n) is 9.64. The van der Waals surface area contributed by atoms with Gasteiger partial charge in [-0.3, -0.25) is 9.47 Å². The number of hydrogen-bond donors (Lipinski definition) is 1. The predicted molar refractivity (Wildman–Crippen MR) is 106 cm³/mol. The summed E-state index contributed by atoms with van der Waals surface area (Å²) in [7, 11) is 1.59. The second-order valence-electron chi connectivity index (χ2n) is 7.19. The van der Waals surface area contributed by atoms with Crippen LogP contribution in [0.1, 0.15) is 17.5 Å². The van der Waals surface area contributed by atoms with Gasteiger partial charge in [-0.15, -0.1) is 0 Å². The zero-order valence-electron chi connectivity index (χ0n) is 16.3. The second kappa shape index (κ2) is 8.71. The number of benzene rings is 1. The topological polar surface area (TPSA) is 85.3 Å². The maximum atomic E-state index is 13.4. The van der Waals surface area contributed by atoms with E-state index >= 15 is 0 Å². The van der Waals surface area contributed by atoms with Crippen LogP contribution in [0.5, 0.6) is 6.01 Å². The second-order valence-corrected chi connectivity index (χ2v) is 7.19. The minimum absolute atomic E-state index is 0.200. The van der Waals surface area contributed by atoms with Gasteiger partial charge in [0.05, 0.1) is 19.3 Å². The molecule has 1 unspecified atom stereocenters. The molecule has 3 aromatic rings. The van der Waals surface area contributed by atoms with Crippen molar-refractivity contribution in [2.24, 2.45) is 0 Å². The normalized spacial score (nSPS) is 17.2. The number of methoxy groups -OCH3 is 1. The fourth-order valence-corrected chi connectivity index (χ4v) is 3.56. The Balaban J connectivity index is 1.54. The number of halogens is 1. The molecular weight excluding hydrogens is 377 g/mol. The molecule has 1 aliphatic heterocycles. The molecule has 1 aromatic carbocycles. The first kappa shape index (κ1) is 19.5. The zero-order valence-corrected chi connectivity index (χ0v) is 16.3. The van der Waals surface area contributed by atoms with Gasteiger partial charge in [-0.1, -0.05) is 24.3 Å². The number of hydrogen-bond acceptors (Lipinski definition) is 6. The van der Waals surface area contributed by atoms with Crippen molar-refractivity contribution in [1.82, 2.24) is 24.4 Å². The molecule has 0 amide bonds. The standard InChI is InChI=1S/C20H24FN5O3/c1-28-7-8-29-19-22-10-17-18(24-19)26(20(27)23-17)12-15-4-2-3-14(9-15)11-25-6-5-16(21)13-25/h2-4,9-10,16H,5-8,11-13H2,1H3,(H,23,27). The van der Waals surface area contributed by atoms with Crippen molar-refractivity contribution in [1.29, 1.82) is 0 Å². The molecule has 29 heavy (non-hydrogen) atoms. The molecule has 8 nitrogen and oxygen atoms in total. The minimum Gasteiger partial charge on any atom is -0.461 e. The van der Waals surface area contributed by atoms with Crippen molar-refractivity contribution >= 4 is 11.2 Å². The van der Waals surface area contributed by atoms with Gasteiger partial charge in [-0.2, -0.15) is 4.98 Å². The van der Waals surface area contributed by atoms with Crippen LogP contribution in [0.4, 0.5) is 4.39 Å². The highest BCUT2D eigenvalue weighted by Crippen LogP contribution is 2.17. The lowest BCUT2D eigenvalue weighted by atomic mass is 10.1. The molecule has 0 spiro atoms. The van der Waals surface area contributed by atoms with E-state index in [9.17, 15) is 9.18 Å². The van der Waals surface area contributed by atoms with E-state index in [1.54, 1.807) is 17.9 Å². The Bertz CT molecular complexity index is 1030. The lowest BCUT2D eigenvalue weighted by molar-refractivity contribution is 0.141. The van der Waals surface area contributed by atoms with Crippen LogP contribution < -0.4 is 10.4 Å². The van der Waals surface area contributed by atoms with Crippen LogP contribution in [0.15, 0.2) is 35.3 Å². The minimum atomic E-state index is -0.733. The van der Waals surface area contributed by atoms with E-state index in [1.807, 2.05) is 24.3 Å². The number of likely N-dealkylation sites (tertiary alicyclic amines) is 1. The molecule has 2 aromatic heterocycles. The van der Waals surface area contributed by atoms with Crippen LogP contribution in [-0.2, 0) is 17.8 Å². The van der Waals surface area contributed by atoms with E-state index < -0.39 is 6.17 Å². The Labute approximate surface area is 167 Å². The molecule has 0 radical (unpaired) electrons. The molecule has 3 heterocycles. The van der Waals surface area contributed by atoms with Gasteiger partial charge in [-0.05, 0) is 17.5 Å². The lowest BCUT2D eigenvalue weighted by Gasteiger charge is -2.15. The number of nitrogens with zero attached hydrogens (tertiary/aromatic N) is 4. The molecule has 0 bridgehead atoms. The predicted octanol–water partition coefficient (Wildman–Crippen LogP) is 1.74. The van der Waals surface area contributed by atoms with Gasteiger partial charge in [0.1, 0.15) is 18.3 Å². The quantitative estimate of drug-likeness (QED) is 0.579. The molecule has 9 heteroatoms. The fraction of sp³-hybridized carbons (Fsp3) is 0.450. The molecular formula is C20H24FN5O3. The largest absolute Gasteiger partial charge is 0.461 e. The number of fused-ring (bicyclic) bond motifs is 1. The van der Waals surface area contributed by atoms with Crippen LogP contribution in [0.25, 0.3) is 11.2 Å². The van der Waals surface area contributed by atoms with E-state index in [4.69, 9.17) is 9.47 Å². The summed E-state index contributed by atoms with van der Waals surface area (Å²) in [6.07, 6.45) is 1.40. The average Bonchev–Trinajstić information content (AvgIpc) is 3.25. The monoisotopic (exact) mass is 401 g/mol. The highest BCUT2D eigenvalue weighted by molar-refractivity contribution is 5.69. The Kier molecular flexibility index (Phi) is 5.86. The molecule has 1 atom stereocenters. The molecule has 0 aliphatic carbocycles. The highest BCUT2D eigenvalue weighted by Gasteiger charge is 2.21. The van der Waals surface area contributed by atoms with E-state index in [2.05, 4.69) is 19.9 Å². The number of nitrogens with one attached hydrogen (secondary N) is 1. The number of imidazole rings is 1. The van der Waals surface area contributed by atoms with Crippen LogP contribution >= 0.6 is 0 Å². The Morgan fingerprint density at radius 1 is 1.28 bits per heavy atom. The Morgan fingerprint density at radius 3 is 2.86 bits per heavy atom. The molecule has 0 saturated carbocycles. The van der Waals surface area contributed by atoms with Gasteiger partial charge in [0, 0.05) is 26.7 Å². The van der Waals surface area contributed by atoms with Crippen LogP contribution in [0.2, 0.25) is 0 Å². The maximum absolute atomic E-state index is 13.4. The number of alkyl halides is 1. The van der Waals surface area contributed by atoms with Crippen molar-refractivity contribution in [3.63, 3.8) is 0 Å². The zero-order chi connectivity index (χ0) is 20.2. The summed E-state index contributed by atoms with van der Waals surface area (Å²) in [6, 6.07) is 8.20. The van der Waals surface area contributed by atoms with E-state index in [1.165, 1.54) is 0 Å². The number of ether oxygens (including phenoxy) is 2. The third kappa shape index (κ3) is 4.63. The van der Waals surface area contributed by atoms with Crippen LogP contribution in [0, 0.1) is 0 Å². The van der Waals surface area contributed by atoms with Crippen molar-refractivity contribution in [3.05, 3.63) is 52.1 Å². The lowest BCUT2D eigenvalue weighted by Crippen LogP contribution is -2.21. The summed E-state index contributed by atoms with van der Waals surface area (Å²) in [5, 5.41) is 0. The number of aromatic amines is 1. The summed E-state index contributed by atoms with van der Waals surface area (Å²) in [5.74, 6) is 0. The smallest absolute Gasteiger partial charge is 0.328 e. The van der Waals surface area contributed by atoms with Gasteiger partial charge in [-0.25, -0.2) is 14.2 Å². The summed E-state index contributed by atoms with van der Waals surface area (Å²) < 4.78 is 25.4. The van der Waals surface area contributed by atoms with E-state index in [-0.39, 0.29) is 11.7 Å². The SMILES string of the molecule is COCCOc1ncc2[nH]c(=O)n(Cc3cccc(CN4CCC(F)C4)c3)c2n1. The van der Waals surface area contributed by atoms with Crippen molar-refractivity contribution in [2.45, 2.75) is 25.7 Å². The molecule has 154 valence electrons. The summed E-state index contributed by atoms with van der Waals surface area (Å²) in [4.78, 5) is 25.8. The van der Waals surface area contributed by atoms with Crippen molar-refractivity contribution in [2.75, 3.05) is 33.4 Å². The van der Waals surface area contributed by atoms with Gasteiger partial charge < -0.3 is 14.5 Å². The first-order valence-corrected chi connectivity index (χ1v) is 9.64. The molecule has 1 saturated heterocycles. The Hall–Kier alpha value is -2.78. The third-order valence-corrected chi connectivity index (χ3v) is 4.96. The van der Waals surface area contributed by atoms with Gasteiger partial charge in [0.25, 0.3) is 0 Å². The highest BCUT2D eigenvalue weighted by atomic mass is 19.1. The van der Waals surface area contributed by atoms with Crippen LogP contribution in [-0.4, -0.2) is 64.0 Å². The Morgan fingerprint density at radius 2 is 2.10 bits per heavy atom. The average molecular weight is 401 g/mol. The summed E-state index contributed by atoms with van der Waals surface area (Å²) in [5.41, 5.74) is 2.86.